The fourth-order valence-electron chi connectivity index (χ4n) is 3.75. The largest absolute Gasteiger partial charge is 0.494 e. The maximum Gasteiger partial charge on any atom is 0.401 e. The predicted molar refractivity (Wildman–Crippen MR) is 120 cm³/mol. The highest BCUT2D eigenvalue weighted by Crippen LogP contribution is 2.36. The Bertz CT molecular complexity index is 924. The van der Waals surface area contributed by atoms with Crippen LogP contribution in [0.25, 0.3) is 11.3 Å². The summed E-state index contributed by atoms with van der Waals surface area (Å²) in [7, 11) is 1.52. The molecule has 11 heteroatoms. The maximum absolute atomic E-state index is 12.6. The molecule has 182 valence electrons. The van der Waals surface area contributed by atoms with Crippen LogP contribution in [-0.2, 0) is 0 Å². The van der Waals surface area contributed by atoms with Crippen molar-refractivity contribution >= 4 is 17.3 Å². The highest BCUT2D eigenvalue weighted by Gasteiger charge is 2.33. The average Bonchev–Trinajstić information content (AvgIpc) is 2.74. The predicted octanol–water partition coefficient (Wildman–Crippen LogP) is 4.39. The number of anilines is 1. The molecule has 3 heterocycles. The van der Waals surface area contributed by atoms with Crippen LogP contribution in [0.3, 0.4) is 0 Å². The summed E-state index contributed by atoms with van der Waals surface area (Å²) in [4.78, 5) is 10.1. The van der Waals surface area contributed by atoms with Gasteiger partial charge in [-0.1, -0.05) is 11.6 Å². The van der Waals surface area contributed by atoms with Gasteiger partial charge in [0.05, 0.1) is 19.9 Å². The Labute approximate surface area is 195 Å². The van der Waals surface area contributed by atoms with Crippen LogP contribution >= 0.6 is 11.6 Å². The van der Waals surface area contributed by atoms with E-state index in [0.29, 0.717) is 65.9 Å². The molecule has 1 aliphatic heterocycles. The van der Waals surface area contributed by atoms with Crippen molar-refractivity contribution in [3.8, 4) is 22.8 Å². The zero-order chi connectivity index (χ0) is 24.0. The molecule has 0 unspecified atom stereocenters. The van der Waals surface area contributed by atoms with E-state index >= 15 is 0 Å². The molecular weight excluding hydrogens is 461 g/mol. The second-order valence-corrected chi connectivity index (χ2v) is 8.43. The summed E-state index contributed by atoms with van der Waals surface area (Å²) in [6.45, 7) is 1.74. The van der Waals surface area contributed by atoms with Crippen molar-refractivity contribution in [1.82, 2.24) is 14.9 Å². The number of likely N-dealkylation sites (tertiary alicyclic amines) is 1. The first-order valence-corrected chi connectivity index (χ1v) is 11.1. The van der Waals surface area contributed by atoms with Gasteiger partial charge in [-0.3, -0.25) is 4.90 Å². The number of ether oxygens (including phenoxy) is 2. The van der Waals surface area contributed by atoms with Gasteiger partial charge in [0.1, 0.15) is 28.5 Å². The van der Waals surface area contributed by atoms with E-state index in [1.165, 1.54) is 12.0 Å². The first-order chi connectivity index (χ1) is 15.7. The van der Waals surface area contributed by atoms with Crippen LogP contribution in [0.2, 0.25) is 5.15 Å². The van der Waals surface area contributed by atoms with Crippen molar-refractivity contribution < 1.29 is 27.8 Å². The summed E-state index contributed by atoms with van der Waals surface area (Å²) in [5.74, 6) is 0.943. The SMILES string of the molecule is COc1cc(OC2CCN(CC(F)(F)F)CC2)cnc1-c1cnc(Cl)cc1N[C@@H](C)CCO. The molecule has 0 aromatic carbocycles. The van der Waals surface area contributed by atoms with Crippen molar-refractivity contribution in [3.05, 3.63) is 29.7 Å². The number of nitrogens with zero attached hydrogens (tertiary/aromatic N) is 3. The Kier molecular flexibility index (Phi) is 8.61. The van der Waals surface area contributed by atoms with E-state index in [2.05, 4.69) is 15.3 Å². The Hall–Kier alpha value is -2.30. The number of rotatable bonds is 9. The number of alkyl halides is 3. The Morgan fingerprint density at radius 1 is 1.24 bits per heavy atom. The number of hydrogen-bond donors (Lipinski definition) is 2. The van der Waals surface area contributed by atoms with E-state index in [9.17, 15) is 18.3 Å². The lowest BCUT2D eigenvalue weighted by Gasteiger charge is -2.32. The van der Waals surface area contributed by atoms with Gasteiger partial charge in [-0.25, -0.2) is 9.97 Å². The van der Waals surface area contributed by atoms with Gasteiger partial charge in [0.2, 0.25) is 0 Å². The number of halogens is 4. The molecule has 0 saturated carbocycles. The van der Waals surface area contributed by atoms with Crippen molar-refractivity contribution in [2.24, 2.45) is 0 Å². The molecule has 2 aromatic heterocycles. The quantitative estimate of drug-likeness (QED) is 0.506. The number of hydrogen-bond acceptors (Lipinski definition) is 7. The summed E-state index contributed by atoms with van der Waals surface area (Å²) in [6, 6.07) is 3.38. The van der Waals surface area contributed by atoms with Crippen LogP contribution in [0.1, 0.15) is 26.2 Å². The highest BCUT2D eigenvalue weighted by molar-refractivity contribution is 6.29. The number of pyridine rings is 2. The first kappa shape index (κ1) is 25.3. The zero-order valence-electron chi connectivity index (χ0n) is 18.5. The minimum absolute atomic E-state index is 0.0102. The minimum atomic E-state index is -4.19. The number of nitrogens with one attached hydrogen (secondary N) is 1. The third-order valence-electron chi connectivity index (χ3n) is 5.38. The van der Waals surface area contributed by atoms with Gasteiger partial charge in [0, 0.05) is 49.3 Å². The smallest absolute Gasteiger partial charge is 0.401 e. The van der Waals surface area contributed by atoms with Crippen LogP contribution in [-0.4, -0.2) is 71.6 Å². The molecule has 0 aliphatic carbocycles. The summed E-state index contributed by atoms with van der Waals surface area (Å²) >= 11 is 6.08. The molecule has 33 heavy (non-hydrogen) atoms. The van der Waals surface area contributed by atoms with Crippen LogP contribution in [0, 0.1) is 0 Å². The fraction of sp³-hybridized carbons (Fsp3) is 0.545. The molecule has 0 bridgehead atoms. The number of piperidine rings is 1. The molecule has 7 nitrogen and oxygen atoms in total. The summed E-state index contributed by atoms with van der Waals surface area (Å²) in [5, 5.41) is 12.8. The van der Waals surface area contributed by atoms with Gasteiger partial charge in [-0.15, -0.1) is 0 Å². The second kappa shape index (κ2) is 11.2. The number of aliphatic hydroxyl groups excluding tert-OH is 1. The molecule has 1 saturated heterocycles. The second-order valence-electron chi connectivity index (χ2n) is 8.04. The van der Waals surface area contributed by atoms with Crippen LogP contribution in [0.4, 0.5) is 18.9 Å². The average molecular weight is 489 g/mol. The lowest BCUT2D eigenvalue weighted by atomic mass is 10.1. The Balaban J connectivity index is 1.73. The molecule has 3 rings (SSSR count). The lowest BCUT2D eigenvalue weighted by Crippen LogP contribution is -2.42. The third kappa shape index (κ3) is 7.35. The van der Waals surface area contributed by atoms with Gasteiger partial charge < -0.3 is 19.9 Å². The van der Waals surface area contributed by atoms with E-state index < -0.39 is 12.7 Å². The van der Waals surface area contributed by atoms with E-state index in [-0.39, 0.29) is 18.8 Å². The molecule has 2 N–H and O–H groups in total. The molecular formula is C22H28ClF3N4O3. The molecule has 1 aliphatic rings. The van der Waals surface area contributed by atoms with Crippen LogP contribution in [0.5, 0.6) is 11.5 Å². The van der Waals surface area contributed by atoms with Crippen molar-refractivity contribution in [2.45, 2.75) is 44.5 Å². The molecule has 2 aromatic rings. The van der Waals surface area contributed by atoms with Crippen LogP contribution < -0.4 is 14.8 Å². The summed E-state index contributed by atoms with van der Waals surface area (Å²) < 4.78 is 49.3. The van der Waals surface area contributed by atoms with Crippen LogP contribution in [0.15, 0.2) is 24.5 Å². The molecule has 1 fully saturated rings. The van der Waals surface area contributed by atoms with Gasteiger partial charge >= 0.3 is 6.18 Å². The van der Waals surface area contributed by atoms with Gasteiger partial charge in [0.15, 0.2) is 0 Å². The zero-order valence-corrected chi connectivity index (χ0v) is 19.3. The summed E-state index contributed by atoms with van der Waals surface area (Å²) in [5.41, 5.74) is 1.91. The van der Waals surface area contributed by atoms with Crippen molar-refractivity contribution in [3.63, 3.8) is 0 Å². The van der Waals surface area contributed by atoms with E-state index in [4.69, 9.17) is 21.1 Å². The molecule has 0 radical (unpaired) electrons. The third-order valence-corrected chi connectivity index (χ3v) is 5.58. The highest BCUT2D eigenvalue weighted by atomic mass is 35.5. The van der Waals surface area contributed by atoms with E-state index in [1.807, 2.05) is 6.92 Å². The van der Waals surface area contributed by atoms with Gasteiger partial charge in [-0.2, -0.15) is 13.2 Å². The topological polar surface area (TPSA) is 79.7 Å². The maximum atomic E-state index is 12.6. The standard InChI is InChI=1S/C22H28ClF3N4O3/c1-14(5-8-31)29-18-10-20(23)27-12-17(18)21-19(32-2)9-16(11-28-21)33-15-3-6-30(7-4-15)13-22(24,25)26/h9-12,14-15,31H,3-8,13H2,1-2H3,(H,27,29)/t14-/m0/s1. The first-order valence-electron chi connectivity index (χ1n) is 10.7. The van der Waals surface area contributed by atoms with Crippen molar-refractivity contribution in [1.29, 1.82) is 0 Å². The molecule has 0 spiro atoms. The Morgan fingerprint density at radius 3 is 2.61 bits per heavy atom. The normalized spacial score (nSPS) is 16.5. The lowest BCUT2D eigenvalue weighted by molar-refractivity contribution is -0.149. The number of methoxy groups -OCH3 is 1. The summed E-state index contributed by atoms with van der Waals surface area (Å²) in [6.07, 6.45) is 0.323. The van der Waals surface area contributed by atoms with E-state index in [1.54, 1.807) is 24.5 Å². The monoisotopic (exact) mass is 488 g/mol. The number of aliphatic hydroxyl groups is 1. The minimum Gasteiger partial charge on any atom is -0.494 e. The van der Waals surface area contributed by atoms with Crippen molar-refractivity contribution in [2.75, 3.05) is 38.7 Å². The van der Waals surface area contributed by atoms with Gasteiger partial charge in [0.25, 0.3) is 0 Å². The fourth-order valence-corrected chi connectivity index (χ4v) is 3.91. The van der Waals surface area contributed by atoms with Gasteiger partial charge in [-0.05, 0) is 32.3 Å². The van der Waals surface area contributed by atoms with E-state index in [0.717, 1.165) is 0 Å². The molecule has 1 atom stereocenters. The Morgan fingerprint density at radius 2 is 1.97 bits per heavy atom. The molecule has 0 amide bonds. The number of aromatic nitrogens is 2.